The second kappa shape index (κ2) is 12.1. The summed E-state index contributed by atoms with van der Waals surface area (Å²) in [5.74, 6) is 0.199. The van der Waals surface area contributed by atoms with E-state index in [1.807, 2.05) is 34.1 Å². The van der Waals surface area contributed by atoms with E-state index >= 15 is 0 Å². The Morgan fingerprint density at radius 2 is 1.66 bits per heavy atom. The highest BCUT2D eigenvalue weighted by atomic mass is 16.3. The maximum Gasteiger partial charge on any atom is 0.290 e. The van der Waals surface area contributed by atoms with Crippen LogP contribution in [0.25, 0.3) is 0 Å². The molecular weight excluding hydrogens is 416 g/mol. The van der Waals surface area contributed by atoms with Gasteiger partial charge in [0.05, 0.1) is 0 Å². The molecule has 0 aromatic carbocycles. The third-order valence-corrected chi connectivity index (χ3v) is 5.52. The number of rotatable bonds is 3. The van der Waals surface area contributed by atoms with Gasteiger partial charge in [0.15, 0.2) is 0 Å². The van der Waals surface area contributed by atoms with Gasteiger partial charge in [-0.15, -0.1) is 0 Å². The van der Waals surface area contributed by atoms with Crippen LogP contribution in [0.15, 0.2) is 48.9 Å². The van der Waals surface area contributed by atoms with Gasteiger partial charge in [-0.1, -0.05) is 6.07 Å². The Labute approximate surface area is 185 Å². The number of carbonyl (C=O) groups is 4. The van der Waals surface area contributed by atoms with Gasteiger partial charge in [-0.3, -0.25) is 29.1 Å². The second-order valence-electron chi connectivity index (χ2n) is 7.50. The molecule has 2 saturated heterocycles. The van der Waals surface area contributed by atoms with E-state index in [-0.39, 0.29) is 30.2 Å². The van der Waals surface area contributed by atoms with E-state index in [2.05, 4.69) is 9.97 Å². The van der Waals surface area contributed by atoms with Gasteiger partial charge in [0.1, 0.15) is 5.69 Å². The fourth-order valence-corrected chi connectivity index (χ4v) is 4.00. The molecule has 10 heteroatoms. The third kappa shape index (κ3) is 6.59. The number of piperidine rings is 1. The van der Waals surface area contributed by atoms with E-state index < -0.39 is 0 Å². The van der Waals surface area contributed by atoms with E-state index in [4.69, 9.17) is 19.8 Å². The molecular formula is C22H26N4O6. The Morgan fingerprint density at radius 1 is 1.03 bits per heavy atom. The molecule has 2 aromatic rings. The smallest absolute Gasteiger partial charge is 0.290 e. The molecule has 2 aromatic heterocycles. The first-order valence-corrected chi connectivity index (χ1v) is 10.0. The van der Waals surface area contributed by atoms with Gasteiger partial charge in [0.2, 0.25) is 5.91 Å². The summed E-state index contributed by atoms with van der Waals surface area (Å²) in [5, 5.41) is 13.8. The van der Waals surface area contributed by atoms with Gasteiger partial charge >= 0.3 is 0 Å². The topological polar surface area (TPSA) is 141 Å². The SMILES string of the molecule is O=C1CC2(CCN(C(=O)c3ccccn3)CC2)CN1Cc1ccncc1.O=CO.O=CO. The minimum Gasteiger partial charge on any atom is -0.483 e. The highest BCUT2D eigenvalue weighted by Crippen LogP contribution is 2.41. The standard InChI is InChI=1S/C20H22N4O2.2CH2O2/c25-18-13-20(15-24(18)14-16-4-9-21-10-5-16)6-11-23(12-7-20)19(26)17-3-1-2-8-22-17;2*2-1-3/h1-5,8-10H,6-7,11-15H2;2*1H,(H,2,3). The van der Waals surface area contributed by atoms with Crippen LogP contribution in [0, 0.1) is 5.41 Å². The van der Waals surface area contributed by atoms with Crippen molar-refractivity contribution in [1.82, 2.24) is 19.8 Å². The number of pyridine rings is 2. The van der Waals surface area contributed by atoms with Crippen molar-refractivity contribution in [2.75, 3.05) is 19.6 Å². The lowest BCUT2D eigenvalue weighted by molar-refractivity contribution is -0.128. The van der Waals surface area contributed by atoms with Crippen molar-refractivity contribution in [3.05, 3.63) is 60.2 Å². The van der Waals surface area contributed by atoms with Crippen molar-refractivity contribution < 1.29 is 29.4 Å². The number of hydrogen-bond donors (Lipinski definition) is 2. The van der Waals surface area contributed by atoms with Crippen LogP contribution in [-0.2, 0) is 20.9 Å². The molecule has 4 heterocycles. The van der Waals surface area contributed by atoms with Gasteiger partial charge < -0.3 is 20.0 Å². The first kappa shape index (κ1) is 24.4. The van der Waals surface area contributed by atoms with Crippen LogP contribution in [-0.4, -0.2) is 74.4 Å². The van der Waals surface area contributed by atoms with Crippen LogP contribution < -0.4 is 0 Å². The summed E-state index contributed by atoms with van der Waals surface area (Å²) < 4.78 is 0. The van der Waals surface area contributed by atoms with Crippen LogP contribution in [0.4, 0.5) is 0 Å². The molecule has 170 valence electrons. The molecule has 0 atom stereocenters. The highest BCUT2D eigenvalue weighted by molar-refractivity contribution is 5.92. The van der Waals surface area contributed by atoms with Gasteiger partial charge in [-0.2, -0.15) is 0 Å². The molecule has 10 nitrogen and oxygen atoms in total. The van der Waals surface area contributed by atoms with Crippen molar-refractivity contribution in [3.8, 4) is 0 Å². The molecule has 2 aliphatic rings. The zero-order chi connectivity index (χ0) is 23.4. The number of likely N-dealkylation sites (tertiary alicyclic amines) is 2. The lowest BCUT2D eigenvalue weighted by atomic mass is 9.77. The number of carboxylic acid groups (broad SMARTS) is 2. The van der Waals surface area contributed by atoms with Gasteiger partial charge in [-0.05, 0) is 42.7 Å². The normalized spacial score (nSPS) is 16.3. The van der Waals surface area contributed by atoms with Gasteiger partial charge in [-0.25, -0.2) is 0 Å². The van der Waals surface area contributed by atoms with Crippen molar-refractivity contribution in [3.63, 3.8) is 0 Å². The monoisotopic (exact) mass is 442 g/mol. The molecule has 0 aliphatic carbocycles. The largest absolute Gasteiger partial charge is 0.483 e. The lowest BCUT2D eigenvalue weighted by Gasteiger charge is -2.38. The maximum absolute atomic E-state index is 12.6. The lowest BCUT2D eigenvalue weighted by Crippen LogP contribution is -2.44. The van der Waals surface area contributed by atoms with E-state index in [0.717, 1.165) is 24.9 Å². The molecule has 4 rings (SSSR count). The molecule has 1 spiro atoms. The van der Waals surface area contributed by atoms with Crippen LogP contribution in [0.2, 0.25) is 0 Å². The van der Waals surface area contributed by atoms with Crippen LogP contribution in [0.3, 0.4) is 0 Å². The average molecular weight is 442 g/mol. The number of nitrogens with zero attached hydrogens (tertiary/aromatic N) is 4. The predicted molar refractivity (Wildman–Crippen MR) is 113 cm³/mol. The fraction of sp³-hybridized carbons (Fsp3) is 0.364. The summed E-state index contributed by atoms with van der Waals surface area (Å²) in [6.07, 6.45) is 7.48. The predicted octanol–water partition coefficient (Wildman–Crippen LogP) is 1.53. The Kier molecular flexibility index (Phi) is 9.27. The number of carbonyl (C=O) groups excluding carboxylic acids is 2. The van der Waals surface area contributed by atoms with E-state index in [9.17, 15) is 9.59 Å². The van der Waals surface area contributed by atoms with E-state index in [1.54, 1.807) is 24.7 Å². The van der Waals surface area contributed by atoms with Gasteiger partial charge in [0, 0.05) is 56.6 Å². The molecule has 2 aliphatic heterocycles. The quantitative estimate of drug-likeness (QED) is 0.682. The Morgan fingerprint density at radius 3 is 2.22 bits per heavy atom. The highest BCUT2D eigenvalue weighted by Gasteiger charge is 2.45. The zero-order valence-corrected chi connectivity index (χ0v) is 17.5. The van der Waals surface area contributed by atoms with Crippen molar-refractivity contribution in [2.24, 2.45) is 5.41 Å². The van der Waals surface area contributed by atoms with Crippen LogP contribution in [0.1, 0.15) is 35.3 Å². The summed E-state index contributed by atoms with van der Waals surface area (Å²) in [6, 6.07) is 9.29. The van der Waals surface area contributed by atoms with E-state index in [0.29, 0.717) is 31.7 Å². The summed E-state index contributed by atoms with van der Waals surface area (Å²) in [6.45, 7) is 2.29. The minimum atomic E-state index is -0.250. The first-order chi connectivity index (χ1) is 15.5. The minimum absolute atomic E-state index is 0.00497. The number of aromatic nitrogens is 2. The molecule has 0 radical (unpaired) electrons. The molecule has 2 amide bonds. The van der Waals surface area contributed by atoms with Crippen molar-refractivity contribution >= 4 is 24.8 Å². The van der Waals surface area contributed by atoms with Crippen molar-refractivity contribution in [2.45, 2.75) is 25.8 Å². The summed E-state index contributed by atoms with van der Waals surface area (Å²) in [7, 11) is 0. The maximum atomic E-state index is 12.6. The molecule has 2 fully saturated rings. The molecule has 32 heavy (non-hydrogen) atoms. The summed E-state index contributed by atoms with van der Waals surface area (Å²) in [4.78, 5) is 53.8. The Balaban J connectivity index is 0.000000547. The van der Waals surface area contributed by atoms with Crippen LogP contribution >= 0.6 is 0 Å². The molecule has 0 saturated carbocycles. The molecule has 0 bridgehead atoms. The van der Waals surface area contributed by atoms with Crippen molar-refractivity contribution in [1.29, 1.82) is 0 Å². The Bertz CT molecular complexity index is 880. The summed E-state index contributed by atoms with van der Waals surface area (Å²) in [5.41, 5.74) is 1.60. The third-order valence-electron chi connectivity index (χ3n) is 5.52. The van der Waals surface area contributed by atoms with E-state index in [1.165, 1.54) is 0 Å². The second-order valence-corrected chi connectivity index (χ2v) is 7.50. The molecule has 2 N–H and O–H groups in total. The number of hydrogen-bond acceptors (Lipinski definition) is 6. The first-order valence-electron chi connectivity index (χ1n) is 10.0. The number of amides is 2. The molecule has 0 unspecified atom stereocenters. The summed E-state index contributed by atoms with van der Waals surface area (Å²) >= 11 is 0. The van der Waals surface area contributed by atoms with Crippen LogP contribution in [0.5, 0.6) is 0 Å². The van der Waals surface area contributed by atoms with Gasteiger partial charge in [0.25, 0.3) is 18.9 Å². The fourth-order valence-electron chi connectivity index (χ4n) is 4.00. The average Bonchev–Trinajstić information content (AvgIpc) is 3.10. The zero-order valence-electron chi connectivity index (χ0n) is 17.5. The Hall–Kier alpha value is -3.82.